The zero-order chi connectivity index (χ0) is 14.7. The number of fused-ring (bicyclic) bond motifs is 1. The summed E-state index contributed by atoms with van der Waals surface area (Å²) in [7, 11) is 0. The van der Waals surface area contributed by atoms with E-state index in [1.54, 1.807) is 12.1 Å². The van der Waals surface area contributed by atoms with Crippen LogP contribution >= 0.6 is 0 Å². The second kappa shape index (κ2) is 5.83. The van der Waals surface area contributed by atoms with Crippen LogP contribution in [0.2, 0.25) is 0 Å². The molecule has 0 aliphatic rings. The Hall–Kier alpha value is -2.56. The van der Waals surface area contributed by atoms with Crippen molar-refractivity contribution in [1.29, 1.82) is 0 Å². The lowest BCUT2D eigenvalue weighted by Gasteiger charge is -2.03. The summed E-state index contributed by atoms with van der Waals surface area (Å²) < 4.78 is 23.8. The molecule has 21 heavy (non-hydrogen) atoms. The summed E-state index contributed by atoms with van der Waals surface area (Å²) in [6.45, 7) is 2.86. The highest BCUT2D eigenvalue weighted by Crippen LogP contribution is 2.20. The van der Waals surface area contributed by atoms with Gasteiger partial charge in [0.05, 0.1) is 17.6 Å². The van der Waals surface area contributed by atoms with Gasteiger partial charge in [0.15, 0.2) is 0 Å². The fourth-order valence-corrected chi connectivity index (χ4v) is 2.05. The lowest BCUT2D eigenvalue weighted by atomic mass is 10.3. The van der Waals surface area contributed by atoms with E-state index in [4.69, 9.17) is 9.47 Å². The first-order chi connectivity index (χ1) is 10.2. The van der Waals surface area contributed by atoms with Crippen LogP contribution in [-0.2, 0) is 6.61 Å². The van der Waals surface area contributed by atoms with Gasteiger partial charge >= 0.3 is 0 Å². The maximum absolute atomic E-state index is 12.8. The molecule has 0 saturated carbocycles. The first-order valence-electron chi connectivity index (χ1n) is 6.74. The fourth-order valence-electron chi connectivity index (χ4n) is 2.05. The van der Waals surface area contributed by atoms with Crippen molar-refractivity contribution in [2.75, 3.05) is 6.61 Å². The minimum atomic E-state index is -0.283. The molecule has 1 heterocycles. The van der Waals surface area contributed by atoms with E-state index < -0.39 is 0 Å². The van der Waals surface area contributed by atoms with Gasteiger partial charge in [-0.15, -0.1) is 0 Å². The van der Waals surface area contributed by atoms with E-state index in [-0.39, 0.29) is 5.82 Å². The maximum Gasteiger partial charge on any atom is 0.146 e. The molecule has 0 radical (unpaired) electrons. The molecule has 0 amide bonds. The lowest BCUT2D eigenvalue weighted by Crippen LogP contribution is -1.97. The molecule has 108 valence electrons. The van der Waals surface area contributed by atoms with Gasteiger partial charge in [0, 0.05) is 6.07 Å². The molecular formula is C16H15FN2O2. The van der Waals surface area contributed by atoms with E-state index in [0.29, 0.717) is 24.8 Å². The number of ether oxygens (including phenoxy) is 2. The van der Waals surface area contributed by atoms with Gasteiger partial charge in [0.1, 0.15) is 29.7 Å². The number of imidazole rings is 1. The number of hydrogen-bond donors (Lipinski definition) is 1. The van der Waals surface area contributed by atoms with Gasteiger partial charge in [-0.1, -0.05) is 0 Å². The topological polar surface area (TPSA) is 47.1 Å². The number of nitrogens with one attached hydrogen (secondary N) is 1. The lowest BCUT2D eigenvalue weighted by molar-refractivity contribution is 0.297. The number of aromatic amines is 1. The van der Waals surface area contributed by atoms with Crippen LogP contribution in [-0.4, -0.2) is 16.6 Å². The van der Waals surface area contributed by atoms with E-state index in [1.165, 1.54) is 12.1 Å². The third-order valence-corrected chi connectivity index (χ3v) is 3.00. The Morgan fingerprint density at radius 1 is 1.05 bits per heavy atom. The second-order valence-corrected chi connectivity index (χ2v) is 4.54. The van der Waals surface area contributed by atoms with Crippen molar-refractivity contribution in [3.63, 3.8) is 0 Å². The molecule has 1 N–H and O–H groups in total. The number of rotatable bonds is 5. The Labute approximate surface area is 121 Å². The highest BCUT2D eigenvalue weighted by molar-refractivity contribution is 5.76. The number of aromatic nitrogens is 2. The Morgan fingerprint density at radius 2 is 1.81 bits per heavy atom. The third-order valence-electron chi connectivity index (χ3n) is 3.00. The first kappa shape index (κ1) is 13.4. The number of H-pyrrole nitrogens is 1. The van der Waals surface area contributed by atoms with E-state index in [1.807, 2.05) is 25.1 Å². The van der Waals surface area contributed by atoms with Crippen LogP contribution < -0.4 is 9.47 Å². The van der Waals surface area contributed by atoms with E-state index in [9.17, 15) is 4.39 Å². The summed E-state index contributed by atoms with van der Waals surface area (Å²) in [4.78, 5) is 7.62. The van der Waals surface area contributed by atoms with Crippen LogP contribution in [0.3, 0.4) is 0 Å². The summed E-state index contributed by atoms with van der Waals surface area (Å²) in [5.41, 5.74) is 1.76. The predicted octanol–water partition coefficient (Wildman–Crippen LogP) is 3.68. The normalized spacial score (nSPS) is 10.8. The van der Waals surface area contributed by atoms with Gasteiger partial charge in [-0.05, 0) is 43.3 Å². The molecule has 5 heteroatoms. The third kappa shape index (κ3) is 3.13. The molecule has 0 spiro atoms. The summed E-state index contributed by atoms with van der Waals surface area (Å²) in [5, 5.41) is 0. The van der Waals surface area contributed by atoms with Crippen molar-refractivity contribution in [3.8, 4) is 11.5 Å². The largest absolute Gasteiger partial charge is 0.494 e. The van der Waals surface area contributed by atoms with Crippen LogP contribution in [0.15, 0.2) is 42.5 Å². The molecule has 4 nitrogen and oxygen atoms in total. The Balaban J connectivity index is 1.73. The fraction of sp³-hybridized carbons (Fsp3) is 0.188. The molecule has 0 aliphatic carbocycles. The van der Waals surface area contributed by atoms with E-state index in [2.05, 4.69) is 9.97 Å². The van der Waals surface area contributed by atoms with Crippen molar-refractivity contribution in [2.45, 2.75) is 13.5 Å². The minimum absolute atomic E-state index is 0.283. The van der Waals surface area contributed by atoms with Gasteiger partial charge in [0.2, 0.25) is 0 Å². The van der Waals surface area contributed by atoms with Crippen molar-refractivity contribution < 1.29 is 13.9 Å². The molecule has 3 aromatic rings. The highest BCUT2D eigenvalue weighted by atomic mass is 19.1. The summed E-state index contributed by atoms with van der Waals surface area (Å²) in [6.07, 6.45) is 0. The summed E-state index contributed by atoms with van der Waals surface area (Å²) >= 11 is 0. The summed E-state index contributed by atoms with van der Waals surface area (Å²) in [5.74, 6) is 1.84. The monoisotopic (exact) mass is 286 g/mol. The molecule has 0 fully saturated rings. The minimum Gasteiger partial charge on any atom is -0.494 e. The zero-order valence-electron chi connectivity index (χ0n) is 11.6. The SMILES string of the molecule is CCOc1ccc2nc(COc3ccc(F)cc3)[nH]c2c1. The second-order valence-electron chi connectivity index (χ2n) is 4.54. The van der Waals surface area contributed by atoms with Crippen LogP contribution in [0.1, 0.15) is 12.7 Å². The molecule has 0 bridgehead atoms. The zero-order valence-corrected chi connectivity index (χ0v) is 11.6. The molecular weight excluding hydrogens is 271 g/mol. The van der Waals surface area contributed by atoms with Crippen molar-refractivity contribution in [3.05, 3.63) is 54.1 Å². The molecule has 0 unspecified atom stereocenters. The molecule has 3 rings (SSSR count). The molecule has 0 saturated heterocycles. The van der Waals surface area contributed by atoms with Crippen molar-refractivity contribution in [2.24, 2.45) is 0 Å². The van der Waals surface area contributed by atoms with E-state index >= 15 is 0 Å². The van der Waals surface area contributed by atoms with Crippen molar-refractivity contribution >= 4 is 11.0 Å². The Morgan fingerprint density at radius 3 is 2.57 bits per heavy atom. The Bertz CT molecular complexity index is 738. The number of hydrogen-bond acceptors (Lipinski definition) is 3. The van der Waals surface area contributed by atoms with Gasteiger partial charge in [0.25, 0.3) is 0 Å². The maximum atomic E-state index is 12.8. The molecule has 0 aliphatic heterocycles. The van der Waals surface area contributed by atoms with Crippen LogP contribution in [0.4, 0.5) is 4.39 Å². The van der Waals surface area contributed by atoms with Gasteiger partial charge in [-0.25, -0.2) is 9.37 Å². The standard InChI is InChI=1S/C16H15FN2O2/c1-2-20-13-7-8-14-15(9-13)19-16(18-14)10-21-12-5-3-11(17)4-6-12/h3-9H,2,10H2,1H3,(H,18,19). The van der Waals surface area contributed by atoms with E-state index in [0.717, 1.165) is 16.8 Å². The van der Waals surface area contributed by atoms with Crippen LogP contribution in [0, 0.1) is 5.82 Å². The molecule has 1 aromatic heterocycles. The van der Waals surface area contributed by atoms with Gasteiger partial charge < -0.3 is 14.5 Å². The number of nitrogens with zero attached hydrogens (tertiary/aromatic N) is 1. The molecule has 2 aromatic carbocycles. The highest BCUT2D eigenvalue weighted by Gasteiger charge is 2.05. The smallest absolute Gasteiger partial charge is 0.146 e. The number of benzene rings is 2. The quantitative estimate of drug-likeness (QED) is 0.778. The average molecular weight is 286 g/mol. The average Bonchev–Trinajstić information content (AvgIpc) is 2.89. The predicted molar refractivity (Wildman–Crippen MR) is 78.0 cm³/mol. The number of halogens is 1. The first-order valence-corrected chi connectivity index (χ1v) is 6.74. The Kier molecular flexibility index (Phi) is 3.73. The summed E-state index contributed by atoms with van der Waals surface area (Å²) in [6, 6.07) is 11.6. The van der Waals surface area contributed by atoms with Gasteiger partial charge in [-0.3, -0.25) is 0 Å². The molecule has 0 atom stereocenters. The van der Waals surface area contributed by atoms with Crippen LogP contribution in [0.25, 0.3) is 11.0 Å². The van der Waals surface area contributed by atoms with Gasteiger partial charge in [-0.2, -0.15) is 0 Å². The van der Waals surface area contributed by atoms with Crippen LogP contribution in [0.5, 0.6) is 11.5 Å². The van der Waals surface area contributed by atoms with Crippen molar-refractivity contribution in [1.82, 2.24) is 9.97 Å².